The number of carbonyl (C=O) groups is 1. The Hall–Kier alpha value is -0.570. The fourth-order valence-electron chi connectivity index (χ4n) is 1.99. The minimum absolute atomic E-state index is 0.0137. The predicted molar refractivity (Wildman–Crippen MR) is 92.8 cm³/mol. The van der Waals surface area contributed by atoms with E-state index in [1.54, 1.807) is 0 Å². The second-order valence-corrected chi connectivity index (χ2v) is 8.23. The van der Waals surface area contributed by atoms with Crippen LogP contribution in [0.25, 0.3) is 0 Å². The number of rotatable bonds is 15. The van der Waals surface area contributed by atoms with E-state index < -0.39 is 27.9 Å². The van der Waals surface area contributed by atoms with Crippen molar-refractivity contribution in [1.82, 2.24) is 0 Å². The molecule has 0 aliphatic carbocycles. The largest absolute Gasteiger partial charge is 0.472 e. The first-order valence-electron chi connectivity index (χ1n) is 8.21. The van der Waals surface area contributed by atoms with Crippen LogP contribution in [0.5, 0.6) is 0 Å². The molecular formula is C14H28O10P2. The zero-order valence-corrected chi connectivity index (χ0v) is 16.6. The topological polar surface area (TPSA) is 160 Å². The number of carbonyl (C=O) groups excluding carboxylic acids is 1. The van der Waals surface area contributed by atoms with E-state index in [2.05, 4.69) is 15.6 Å². The summed E-state index contributed by atoms with van der Waals surface area (Å²) in [5.41, 5.74) is 0.104. The van der Waals surface area contributed by atoms with Crippen LogP contribution in [-0.2, 0) is 27.7 Å². The Morgan fingerprint density at radius 3 is 1.88 bits per heavy atom. The van der Waals surface area contributed by atoms with Crippen LogP contribution in [0, 0.1) is 0 Å². The molecule has 154 valence electrons. The van der Waals surface area contributed by atoms with Gasteiger partial charge in [0.05, 0.1) is 6.61 Å². The third-order valence-corrected chi connectivity index (χ3v) is 4.21. The summed E-state index contributed by atoms with van der Waals surface area (Å²) < 4.78 is 35.0. The molecule has 0 heterocycles. The molecule has 0 radical (unpaired) electrons. The molecule has 0 saturated heterocycles. The molecule has 1 unspecified atom stereocenters. The molecule has 0 fully saturated rings. The van der Waals surface area contributed by atoms with Gasteiger partial charge in [-0.2, -0.15) is 0 Å². The maximum atomic E-state index is 11.4. The Labute approximate surface area is 153 Å². The molecular weight excluding hydrogens is 390 g/mol. The van der Waals surface area contributed by atoms with E-state index in [-0.39, 0.29) is 18.6 Å². The number of phosphoric acid groups is 2. The fraction of sp³-hybridized carbons (Fsp3) is 0.786. The molecule has 0 rings (SSSR count). The highest BCUT2D eigenvalue weighted by Gasteiger charge is 2.25. The van der Waals surface area contributed by atoms with Crippen molar-refractivity contribution >= 4 is 21.6 Å². The van der Waals surface area contributed by atoms with Crippen LogP contribution in [0.2, 0.25) is 0 Å². The van der Waals surface area contributed by atoms with Gasteiger partial charge < -0.3 is 24.3 Å². The van der Waals surface area contributed by atoms with E-state index in [9.17, 15) is 13.9 Å². The molecule has 0 amide bonds. The first-order valence-corrected chi connectivity index (χ1v) is 11.3. The van der Waals surface area contributed by atoms with E-state index in [0.29, 0.717) is 12.8 Å². The van der Waals surface area contributed by atoms with Gasteiger partial charge in [-0.05, 0) is 19.8 Å². The number of hydrogen-bond acceptors (Lipinski definition) is 6. The van der Waals surface area contributed by atoms with Gasteiger partial charge in [0.25, 0.3) is 0 Å². The normalized spacial score (nSPS) is 13.4. The van der Waals surface area contributed by atoms with Gasteiger partial charge in [0.1, 0.15) is 0 Å². The van der Waals surface area contributed by atoms with E-state index in [1.807, 2.05) is 0 Å². The molecule has 0 aromatic carbocycles. The van der Waals surface area contributed by atoms with Gasteiger partial charge in [-0.15, -0.1) is 0 Å². The lowest BCUT2D eigenvalue weighted by Crippen LogP contribution is -2.21. The third kappa shape index (κ3) is 16.9. The summed E-state index contributed by atoms with van der Waals surface area (Å²) in [5, 5.41) is 0. The van der Waals surface area contributed by atoms with Crippen LogP contribution in [-0.4, -0.2) is 38.4 Å². The lowest BCUT2D eigenvalue weighted by Gasteiger charge is -2.18. The van der Waals surface area contributed by atoms with E-state index in [0.717, 1.165) is 32.1 Å². The smallest absolute Gasteiger partial charge is 0.432 e. The molecule has 12 heteroatoms. The van der Waals surface area contributed by atoms with Gasteiger partial charge in [-0.1, -0.05) is 38.7 Å². The van der Waals surface area contributed by atoms with Gasteiger partial charge in [0.2, 0.25) is 6.29 Å². The third-order valence-electron chi connectivity index (χ3n) is 3.19. The summed E-state index contributed by atoms with van der Waals surface area (Å²) in [6.45, 7) is 4.83. The van der Waals surface area contributed by atoms with Crippen molar-refractivity contribution in [3.63, 3.8) is 0 Å². The van der Waals surface area contributed by atoms with Gasteiger partial charge >= 0.3 is 21.6 Å². The highest BCUT2D eigenvalue weighted by molar-refractivity contribution is 7.46. The number of hydrogen-bond donors (Lipinski definition) is 4. The standard InChI is InChI=1S/C14H28O10P2/c1-12(2)14(15)23-13(24-26(19,20)21)10-8-6-4-3-5-7-9-11-22-25(16,17)18/h13H,1,3-11H2,2H3,(H2,16,17,18)(H2,19,20,21). The first-order chi connectivity index (χ1) is 11.9. The summed E-state index contributed by atoms with van der Waals surface area (Å²) in [6.07, 6.45) is 4.09. The second kappa shape index (κ2) is 12.8. The molecule has 4 N–H and O–H groups in total. The summed E-state index contributed by atoms with van der Waals surface area (Å²) in [6, 6.07) is 0. The number of unbranched alkanes of at least 4 members (excludes halogenated alkanes) is 6. The van der Waals surface area contributed by atoms with Crippen LogP contribution in [0.1, 0.15) is 58.3 Å². The minimum atomic E-state index is -4.77. The molecule has 0 saturated carbocycles. The highest BCUT2D eigenvalue weighted by Crippen LogP contribution is 2.39. The molecule has 0 bridgehead atoms. The number of esters is 1. The summed E-state index contributed by atoms with van der Waals surface area (Å²) in [5.74, 6) is -0.777. The number of phosphoric ester groups is 2. The molecule has 1 atom stereocenters. The van der Waals surface area contributed by atoms with E-state index in [4.69, 9.17) is 24.3 Å². The van der Waals surface area contributed by atoms with Crippen LogP contribution in [0.15, 0.2) is 12.2 Å². The minimum Gasteiger partial charge on any atom is -0.432 e. The maximum Gasteiger partial charge on any atom is 0.472 e. The van der Waals surface area contributed by atoms with Crippen molar-refractivity contribution in [3.8, 4) is 0 Å². The maximum absolute atomic E-state index is 11.4. The zero-order chi connectivity index (χ0) is 20.2. The number of ether oxygens (including phenoxy) is 1. The van der Waals surface area contributed by atoms with Crippen molar-refractivity contribution in [1.29, 1.82) is 0 Å². The van der Waals surface area contributed by atoms with Gasteiger partial charge in [0, 0.05) is 12.0 Å². The second-order valence-electron chi connectivity index (χ2n) is 5.80. The monoisotopic (exact) mass is 418 g/mol. The van der Waals surface area contributed by atoms with Crippen LogP contribution >= 0.6 is 15.6 Å². The molecule has 26 heavy (non-hydrogen) atoms. The van der Waals surface area contributed by atoms with Gasteiger partial charge in [-0.25, -0.2) is 18.4 Å². The predicted octanol–water partition coefficient (Wildman–Crippen LogP) is 2.77. The molecule has 0 aliphatic rings. The zero-order valence-electron chi connectivity index (χ0n) is 14.8. The van der Waals surface area contributed by atoms with Crippen molar-refractivity contribution in [3.05, 3.63) is 12.2 Å². The lowest BCUT2D eigenvalue weighted by atomic mass is 10.1. The molecule has 10 nitrogen and oxygen atoms in total. The fourth-order valence-corrected chi connectivity index (χ4v) is 2.81. The Kier molecular flexibility index (Phi) is 12.5. The molecule has 0 aromatic rings. The van der Waals surface area contributed by atoms with Gasteiger partial charge in [-0.3, -0.25) is 4.52 Å². The molecule has 0 aliphatic heterocycles. The Morgan fingerprint density at radius 2 is 1.42 bits per heavy atom. The first kappa shape index (κ1) is 25.4. The van der Waals surface area contributed by atoms with E-state index >= 15 is 0 Å². The quantitative estimate of drug-likeness (QED) is 0.102. The van der Waals surface area contributed by atoms with Crippen LogP contribution < -0.4 is 0 Å². The Balaban J connectivity index is 3.88. The van der Waals surface area contributed by atoms with Crippen LogP contribution in [0.4, 0.5) is 0 Å². The molecule has 0 aromatic heterocycles. The van der Waals surface area contributed by atoms with Crippen molar-refractivity contribution in [2.75, 3.05) is 6.61 Å². The highest BCUT2D eigenvalue weighted by atomic mass is 31.2. The Bertz CT molecular complexity index is 524. The average molecular weight is 418 g/mol. The Morgan fingerprint density at radius 1 is 0.923 bits per heavy atom. The average Bonchev–Trinajstić information content (AvgIpc) is 2.46. The van der Waals surface area contributed by atoms with Crippen molar-refractivity contribution in [2.24, 2.45) is 0 Å². The van der Waals surface area contributed by atoms with Crippen molar-refractivity contribution in [2.45, 2.75) is 64.6 Å². The summed E-state index contributed by atoms with van der Waals surface area (Å²) >= 11 is 0. The van der Waals surface area contributed by atoms with Crippen LogP contribution in [0.3, 0.4) is 0 Å². The van der Waals surface area contributed by atoms with E-state index in [1.165, 1.54) is 6.92 Å². The summed E-state index contributed by atoms with van der Waals surface area (Å²) in [7, 11) is -9.16. The SMILES string of the molecule is C=C(C)C(=O)OC(CCCCCCCCCOP(=O)(O)O)OP(=O)(O)O. The van der Waals surface area contributed by atoms with Crippen molar-refractivity contribution < 1.29 is 47.3 Å². The molecule has 0 spiro atoms. The lowest BCUT2D eigenvalue weighted by molar-refractivity contribution is -0.161. The van der Waals surface area contributed by atoms with Gasteiger partial charge in [0.15, 0.2) is 0 Å². The summed E-state index contributed by atoms with van der Waals surface area (Å²) in [4.78, 5) is 46.2.